The average molecular weight is 463 g/mol. The molecule has 1 amide bonds. The Kier molecular flexibility index (Phi) is 6.71. The van der Waals surface area contributed by atoms with E-state index in [1.54, 1.807) is 43.3 Å². The van der Waals surface area contributed by atoms with Crippen molar-refractivity contribution < 1.29 is 13.2 Å². The first kappa shape index (κ1) is 22.2. The molecule has 3 aromatic carbocycles. The number of benzene rings is 3. The summed E-state index contributed by atoms with van der Waals surface area (Å²) in [4.78, 5) is 12.9. The first-order valence-electron chi connectivity index (χ1n) is 9.08. The topological polar surface area (TPSA) is 66.5 Å². The fourth-order valence-electron chi connectivity index (χ4n) is 2.94. The molecule has 0 fully saturated rings. The number of hydrogen-bond donors (Lipinski definition) is 1. The van der Waals surface area contributed by atoms with Gasteiger partial charge in [-0.25, -0.2) is 8.42 Å². The predicted octanol–water partition coefficient (Wildman–Crippen LogP) is 5.44. The Hall–Kier alpha value is -2.54. The van der Waals surface area contributed by atoms with Crippen LogP contribution < -0.4 is 9.62 Å². The fourth-order valence-corrected chi connectivity index (χ4v) is 4.95. The third-order valence-electron chi connectivity index (χ3n) is 4.43. The number of carbonyl (C=O) groups is 1. The molecule has 0 aliphatic heterocycles. The van der Waals surface area contributed by atoms with Crippen molar-refractivity contribution in [1.82, 2.24) is 0 Å². The van der Waals surface area contributed by atoms with Crippen molar-refractivity contribution in [3.63, 3.8) is 0 Å². The van der Waals surface area contributed by atoms with E-state index in [0.717, 1.165) is 15.4 Å². The zero-order valence-electron chi connectivity index (χ0n) is 16.4. The van der Waals surface area contributed by atoms with Gasteiger partial charge >= 0.3 is 0 Å². The van der Waals surface area contributed by atoms with E-state index in [4.69, 9.17) is 23.2 Å². The van der Waals surface area contributed by atoms with E-state index in [1.165, 1.54) is 24.3 Å². The molecule has 0 heterocycles. The molecule has 30 heavy (non-hydrogen) atoms. The largest absolute Gasteiger partial charge is 0.324 e. The first-order chi connectivity index (χ1) is 14.2. The van der Waals surface area contributed by atoms with Crippen LogP contribution in [0.15, 0.2) is 71.6 Å². The molecular weight excluding hydrogens is 443 g/mol. The van der Waals surface area contributed by atoms with Gasteiger partial charge in [-0.15, -0.1) is 0 Å². The van der Waals surface area contributed by atoms with Gasteiger partial charge in [-0.05, 0) is 55.8 Å². The zero-order chi connectivity index (χ0) is 21.9. The fraction of sp³-hybridized carbons (Fsp3) is 0.136. The van der Waals surface area contributed by atoms with Crippen molar-refractivity contribution in [2.75, 3.05) is 16.2 Å². The summed E-state index contributed by atoms with van der Waals surface area (Å²) in [6.45, 7) is 3.26. The maximum absolute atomic E-state index is 13.4. The van der Waals surface area contributed by atoms with Crippen molar-refractivity contribution in [1.29, 1.82) is 0 Å². The molecule has 0 aromatic heterocycles. The number of sulfonamides is 1. The lowest BCUT2D eigenvalue weighted by atomic mass is 10.2. The van der Waals surface area contributed by atoms with E-state index in [-0.39, 0.29) is 4.90 Å². The third-order valence-corrected chi connectivity index (χ3v) is 6.64. The molecule has 0 bridgehead atoms. The summed E-state index contributed by atoms with van der Waals surface area (Å²) in [5.74, 6) is -0.521. The number of carbonyl (C=O) groups excluding carboxylic acids is 1. The van der Waals surface area contributed by atoms with Gasteiger partial charge in [0.25, 0.3) is 10.0 Å². The highest BCUT2D eigenvalue weighted by molar-refractivity contribution is 7.92. The van der Waals surface area contributed by atoms with Gasteiger partial charge in [-0.1, -0.05) is 59.1 Å². The molecule has 8 heteroatoms. The minimum atomic E-state index is -3.98. The molecule has 0 saturated heterocycles. The summed E-state index contributed by atoms with van der Waals surface area (Å²) >= 11 is 12.0. The maximum Gasteiger partial charge on any atom is 0.264 e. The number of anilines is 2. The average Bonchev–Trinajstić information content (AvgIpc) is 2.66. The van der Waals surface area contributed by atoms with Crippen LogP contribution in [0.4, 0.5) is 11.4 Å². The SMILES string of the molecule is Cc1ccc(S(=O)(=O)N(CC(=O)Nc2cc(Cl)cc(Cl)c2)c2ccccc2C)cc1. The van der Waals surface area contributed by atoms with Crippen LogP contribution in [0.25, 0.3) is 0 Å². The molecule has 0 atom stereocenters. The van der Waals surface area contributed by atoms with Crippen LogP contribution >= 0.6 is 23.2 Å². The normalized spacial score (nSPS) is 11.2. The number of para-hydroxylation sites is 1. The van der Waals surface area contributed by atoms with E-state index in [2.05, 4.69) is 5.32 Å². The molecule has 3 aromatic rings. The second-order valence-corrected chi connectivity index (χ2v) is 9.55. The summed E-state index contributed by atoms with van der Waals surface area (Å²) in [6, 6.07) is 18.1. The summed E-state index contributed by atoms with van der Waals surface area (Å²) in [6.07, 6.45) is 0. The van der Waals surface area contributed by atoms with Gasteiger partial charge in [-0.3, -0.25) is 9.10 Å². The lowest BCUT2D eigenvalue weighted by Gasteiger charge is -2.25. The molecule has 5 nitrogen and oxygen atoms in total. The monoisotopic (exact) mass is 462 g/mol. The maximum atomic E-state index is 13.4. The molecule has 156 valence electrons. The molecule has 3 rings (SSSR count). The van der Waals surface area contributed by atoms with Crippen molar-refractivity contribution in [2.24, 2.45) is 0 Å². The second kappa shape index (κ2) is 9.08. The van der Waals surface area contributed by atoms with Crippen molar-refractivity contribution in [2.45, 2.75) is 18.7 Å². The molecular formula is C22H20Cl2N2O3S. The Morgan fingerprint density at radius 3 is 2.13 bits per heavy atom. The summed E-state index contributed by atoms with van der Waals surface area (Å²) < 4.78 is 27.9. The number of hydrogen-bond acceptors (Lipinski definition) is 3. The quantitative estimate of drug-likeness (QED) is 0.529. The first-order valence-corrected chi connectivity index (χ1v) is 11.3. The van der Waals surface area contributed by atoms with Crippen LogP contribution in [0, 0.1) is 13.8 Å². The lowest BCUT2D eigenvalue weighted by molar-refractivity contribution is -0.114. The molecule has 0 spiro atoms. The summed E-state index contributed by atoms with van der Waals surface area (Å²) in [7, 11) is -3.98. The molecule has 0 saturated carbocycles. The van der Waals surface area contributed by atoms with E-state index in [1.807, 2.05) is 13.0 Å². The summed E-state index contributed by atoms with van der Waals surface area (Å²) in [5.41, 5.74) is 2.48. The van der Waals surface area contributed by atoms with Gasteiger partial charge in [0.15, 0.2) is 0 Å². The number of nitrogens with one attached hydrogen (secondary N) is 1. The van der Waals surface area contributed by atoms with Gasteiger partial charge in [0, 0.05) is 15.7 Å². The molecule has 1 N–H and O–H groups in total. The zero-order valence-corrected chi connectivity index (χ0v) is 18.7. The van der Waals surface area contributed by atoms with Crippen LogP contribution in [0.5, 0.6) is 0 Å². The van der Waals surface area contributed by atoms with Crippen molar-refractivity contribution in [3.05, 3.63) is 87.9 Å². The number of aryl methyl sites for hydroxylation is 2. The van der Waals surface area contributed by atoms with E-state index in [9.17, 15) is 13.2 Å². The van der Waals surface area contributed by atoms with Crippen molar-refractivity contribution in [3.8, 4) is 0 Å². The smallest absolute Gasteiger partial charge is 0.264 e. The van der Waals surface area contributed by atoms with Gasteiger partial charge < -0.3 is 5.32 Å². The Morgan fingerprint density at radius 2 is 1.53 bits per heavy atom. The molecule has 0 aliphatic rings. The van der Waals surface area contributed by atoms with Crippen LogP contribution in [0.2, 0.25) is 10.0 Å². The van der Waals surface area contributed by atoms with Crippen LogP contribution in [0.1, 0.15) is 11.1 Å². The highest BCUT2D eigenvalue weighted by Gasteiger charge is 2.28. The van der Waals surface area contributed by atoms with Gasteiger partial charge in [0.05, 0.1) is 10.6 Å². The van der Waals surface area contributed by atoms with Crippen LogP contribution in [-0.4, -0.2) is 20.9 Å². The molecule has 0 unspecified atom stereocenters. The highest BCUT2D eigenvalue weighted by Crippen LogP contribution is 2.27. The van der Waals surface area contributed by atoms with Crippen LogP contribution in [-0.2, 0) is 14.8 Å². The van der Waals surface area contributed by atoms with Crippen molar-refractivity contribution >= 4 is 50.5 Å². The number of halogens is 2. The number of amides is 1. The van der Waals surface area contributed by atoms with E-state index < -0.39 is 22.5 Å². The second-order valence-electron chi connectivity index (χ2n) is 6.82. The Morgan fingerprint density at radius 1 is 0.933 bits per heavy atom. The van der Waals surface area contributed by atoms with Gasteiger partial charge in [0.2, 0.25) is 5.91 Å². The predicted molar refractivity (Wildman–Crippen MR) is 122 cm³/mol. The Bertz CT molecular complexity index is 1160. The number of rotatable bonds is 6. The highest BCUT2D eigenvalue weighted by atomic mass is 35.5. The van der Waals surface area contributed by atoms with E-state index >= 15 is 0 Å². The minimum Gasteiger partial charge on any atom is -0.324 e. The minimum absolute atomic E-state index is 0.106. The standard InChI is InChI=1S/C22H20Cl2N2O3S/c1-15-7-9-20(10-8-15)30(28,29)26(21-6-4-3-5-16(21)2)14-22(27)25-19-12-17(23)11-18(24)13-19/h3-13H,14H2,1-2H3,(H,25,27). The Labute approximate surface area is 186 Å². The summed E-state index contributed by atoms with van der Waals surface area (Å²) in [5, 5.41) is 3.39. The lowest BCUT2D eigenvalue weighted by Crippen LogP contribution is -2.38. The van der Waals surface area contributed by atoms with Gasteiger partial charge in [-0.2, -0.15) is 0 Å². The number of nitrogens with zero attached hydrogens (tertiary/aromatic N) is 1. The van der Waals surface area contributed by atoms with Crippen LogP contribution in [0.3, 0.4) is 0 Å². The third kappa shape index (κ3) is 5.14. The molecule has 0 radical (unpaired) electrons. The van der Waals surface area contributed by atoms with Gasteiger partial charge in [0.1, 0.15) is 6.54 Å². The molecule has 0 aliphatic carbocycles. The van der Waals surface area contributed by atoms with E-state index in [0.29, 0.717) is 21.4 Å². The Balaban J connectivity index is 1.97.